The molecule has 0 amide bonds. The van der Waals surface area contributed by atoms with E-state index in [9.17, 15) is 0 Å². The van der Waals surface area contributed by atoms with E-state index in [0.29, 0.717) is 18.1 Å². The molecule has 2 N–H and O–H groups in total. The van der Waals surface area contributed by atoms with Crippen molar-refractivity contribution in [3.63, 3.8) is 0 Å². The first-order chi connectivity index (χ1) is 12.9. The average molecular weight is 386 g/mol. The third-order valence-electron chi connectivity index (χ3n) is 5.58. The van der Waals surface area contributed by atoms with Crippen molar-refractivity contribution in [2.24, 2.45) is 5.73 Å². The van der Waals surface area contributed by atoms with Gasteiger partial charge in [-0.3, -0.25) is 0 Å². The zero-order valence-electron chi connectivity index (χ0n) is 15.9. The molecular formula is C20H24ClN5O. The minimum absolute atomic E-state index is 0.436. The number of aromatic nitrogens is 4. The molecule has 2 heterocycles. The Labute approximate surface area is 163 Å². The van der Waals surface area contributed by atoms with Gasteiger partial charge in [0.25, 0.3) is 0 Å². The van der Waals surface area contributed by atoms with Gasteiger partial charge in [0.2, 0.25) is 5.89 Å². The van der Waals surface area contributed by atoms with Gasteiger partial charge >= 0.3 is 0 Å². The Balaban J connectivity index is 1.63. The lowest BCUT2D eigenvalue weighted by Gasteiger charge is -2.17. The topological polar surface area (TPSA) is 82.8 Å². The SMILES string of the molecule is Cc1ccc(-n2nc(C)c(Cc3nc(C4(N)CCCC4)no3)c2C)cc1Cl. The highest BCUT2D eigenvalue weighted by Crippen LogP contribution is 2.34. The van der Waals surface area contributed by atoms with Gasteiger partial charge in [0.05, 0.1) is 23.3 Å². The normalized spacial score (nSPS) is 16.2. The summed E-state index contributed by atoms with van der Waals surface area (Å²) in [6.07, 6.45) is 4.60. The van der Waals surface area contributed by atoms with E-state index in [2.05, 4.69) is 15.2 Å². The molecule has 0 aliphatic heterocycles. The van der Waals surface area contributed by atoms with Crippen molar-refractivity contribution < 1.29 is 4.52 Å². The van der Waals surface area contributed by atoms with E-state index in [1.807, 2.05) is 43.7 Å². The number of hydrogen-bond donors (Lipinski definition) is 1. The van der Waals surface area contributed by atoms with E-state index in [1.165, 1.54) is 0 Å². The molecule has 142 valence electrons. The number of aryl methyl sites for hydroxylation is 2. The molecule has 0 radical (unpaired) electrons. The standard InChI is InChI=1S/C20H24ClN5O/c1-12-6-7-15(10-17(12)21)26-14(3)16(13(2)24-26)11-18-23-19(25-27-18)20(22)8-4-5-9-20/h6-7,10H,4-5,8-9,11,22H2,1-3H3. The lowest BCUT2D eigenvalue weighted by atomic mass is 9.98. The number of hydrogen-bond acceptors (Lipinski definition) is 5. The molecule has 1 fully saturated rings. The lowest BCUT2D eigenvalue weighted by molar-refractivity contribution is 0.352. The van der Waals surface area contributed by atoms with Gasteiger partial charge < -0.3 is 10.3 Å². The maximum atomic E-state index is 6.44. The summed E-state index contributed by atoms with van der Waals surface area (Å²) < 4.78 is 7.42. The van der Waals surface area contributed by atoms with Crippen molar-refractivity contribution in [2.75, 3.05) is 0 Å². The minimum atomic E-state index is -0.436. The molecule has 7 heteroatoms. The summed E-state index contributed by atoms with van der Waals surface area (Å²) in [6.45, 7) is 6.02. The summed E-state index contributed by atoms with van der Waals surface area (Å²) in [5.41, 5.74) is 11.0. The molecule has 0 spiro atoms. The van der Waals surface area contributed by atoms with Crippen LogP contribution in [0.25, 0.3) is 5.69 Å². The number of nitrogens with zero attached hydrogens (tertiary/aromatic N) is 4. The molecule has 1 aliphatic rings. The number of halogens is 1. The van der Waals surface area contributed by atoms with Crippen LogP contribution in [0.2, 0.25) is 5.02 Å². The zero-order valence-corrected chi connectivity index (χ0v) is 16.7. The van der Waals surface area contributed by atoms with Crippen molar-refractivity contribution in [2.45, 2.75) is 58.4 Å². The summed E-state index contributed by atoms with van der Waals surface area (Å²) in [5, 5.41) is 9.57. The van der Waals surface area contributed by atoms with Gasteiger partial charge in [-0.15, -0.1) is 0 Å². The van der Waals surface area contributed by atoms with Crippen LogP contribution in [0.1, 0.15) is 59.9 Å². The Morgan fingerprint density at radius 1 is 1.22 bits per heavy atom. The molecule has 6 nitrogen and oxygen atoms in total. The highest BCUT2D eigenvalue weighted by molar-refractivity contribution is 6.31. The minimum Gasteiger partial charge on any atom is -0.339 e. The first-order valence-corrected chi connectivity index (χ1v) is 9.69. The van der Waals surface area contributed by atoms with Crippen LogP contribution in [0.5, 0.6) is 0 Å². The van der Waals surface area contributed by atoms with Gasteiger partial charge in [-0.05, 0) is 51.3 Å². The summed E-state index contributed by atoms with van der Waals surface area (Å²) in [4.78, 5) is 4.59. The highest BCUT2D eigenvalue weighted by Gasteiger charge is 2.36. The smallest absolute Gasteiger partial charge is 0.231 e. The fraction of sp³-hybridized carbons (Fsp3) is 0.450. The zero-order chi connectivity index (χ0) is 19.2. The molecule has 1 saturated carbocycles. The van der Waals surface area contributed by atoms with Crippen LogP contribution in [0, 0.1) is 20.8 Å². The molecule has 4 rings (SSSR count). The van der Waals surface area contributed by atoms with E-state index in [-0.39, 0.29) is 0 Å². The molecule has 2 aromatic heterocycles. The third-order valence-corrected chi connectivity index (χ3v) is 5.99. The molecule has 3 aromatic rings. The molecular weight excluding hydrogens is 362 g/mol. The van der Waals surface area contributed by atoms with Crippen LogP contribution < -0.4 is 5.73 Å². The van der Waals surface area contributed by atoms with E-state index < -0.39 is 5.54 Å². The number of benzene rings is 1. The largest absolute Gasteiger partial charge is 0.339 e. The number of nitrogens with two attached hydrogens (primary N) is 1. The van der Waals surface area contributed by atoms with E-state index >= 15 is 0 Å². The molecule has 27 heavy (non-hydrogen) atoms. The monoisotopic (exact) mass is 385 g/mol. The highest BCUT2D eigenvalue weighted by atomic mass is 35.5. The van der Waals surface area contributed by atoms with Crippen LogP contribution in [-0.4, -0.2) is 19.9 Å². The van der Waals surface area contributed by atoms with E-state index in [4.69, 9.17) is 21.9 Å². The van der Waals surface area contributed by atoms with Crippen molar-refractivity contribution in [1.29, 1.82) is 0 Å². The van der Waals surface area contributed by atoms with Crippen LogP contribution in [-0.2, 0) is 12.0 Å². The van der Waals surface area contributed by atoms with Crippen LogP contribution in [0.4, 0.5) is 0 Å². The summed E-state index contributed by atoms with van der Waals surface area (Å²) in [5.74, 6) is 1.21. The molecule has 1 aromatic carbocycles. The quantitative estimate of drug-likeness (QED) is 0.729. The average Bonchev–Trinajstić information content (AvgIpc) is 3.34. The first-order valence-electron chi connectivity index (χ1n) is 9.31. The first kappa shape index (κ1) is 18.2. The fourth-order valence-corrected chi connectivity index (χ4v) is 3.98. The molecule has 1 aliphatic carbocycles. The fourth-order valence-electron chi connectivity index (χ4n) is 3.81. The van der Waals surface area contributed by atoms with Crippen LogP contribution >= 0.6 is 11.6 Å². The van der Waals surface area contributed by atoms with Gasteiger partial charge in [-0.25, -0.2) is 4.68 Å². The van der Waals surface area contributed by atoms with Crippen molar-refractivity contribution in [3.05, 3.63) is 57.5 Å². The summed E-state index contributed by atoms with van der Waals surface area (Å²) in [7, 11) is 0. The van der Waals surface area contributed by atoms with Gasteiger partial charge in [-0.1, -0.05) is 35.7 Å². The second kappa shape index (κ2) is 6.77. The Hall–Kier alpha value is -2.18. The Bertz CT molecular complexity index is 984. The van der Waals surface area contributed by atoms with E-state index in [0.717, 1.165) is 58.9 Å². The number of rotatable bonds is 4. The van der Waals surface area contributed by atoms with Gasteiger partial charge in [0, 0.05) is 16.3 Å². The van der Waals surface area contributed by atoms with E-state index in [1.54, 1.807) is 0 Å². The summed E-state index contributed by atoms with van der Waals surface area (Å²) in [6, 6.07) is 5.96. The Morgan fingerprint density at radius 3 is 2.67 bits per heavy atom. The second-order valence-corrected chi connectivity index (χ2v) is 7.95. The van der Waals surface area contributed by atoms with Gasteiger partial charge in [0.1, 0.15) is 0 Å². The molecule has 0 saturated heterocycles. The maximum Gasteiger partial charge on any atom is 0.231 e. The van der Waals surface area contributed by atoms with Gasteiger partial charge in [-0.2, -0.15) is 10.1 Å². The predicted octanol–water partition coefficient (Wildman–Crippen LogP) is 4.15. The predicted molar refractivity (Wildman–Crippen MR) is 104 cm³/mol. The van der Waals surface area contributed by atoms with Gasteiger partial charge in [0.15, 0.2) is 5.82 Å². The molecule has 0 atom stereocenters. The van der Waals surface area contributed by atoms with Crippen molar-refractivity contribution in [1.82, 2.24) is 19.9 Å². The lowest BCUT2D eigenvalue weighted by Crippen LogP contribution is -2.34. The van der Waals surface area contributed by atoms with Crippen molar-refractivity contribution >= 4 is 11.6 Å². The third kappa shape index (κ3) is 3.28. The van der Waals surface area contributed by atoms with Crippen LogP contribution in [0.3, 0.4) is 0 Å². The van der Waals surface area contributed by atoms with Crippen molar-refractivity contribution in [3.8, 4) is 5.69 Å². The second-order valence-electron chi connectivity index (χ2n) is 7.55. The maximum absolute atomic E-state index is 6.44. The Morgan fingerprint density at radius 2 is 1.96 bits per heavy atom. The van der Waals surface area contributed by atoms with Crippen LogP contribution in [0.15, 0.2) is 22.7 Å². The molecule has 0 bridgehead atoms. The Kier molecular flexibility index (Phi) is 4.56. The summed E-state index contributed by atoms with van der Waals surface area (Å²) >= 11 is 6.28. The molecule has 0 unspecified atom stereocenters.